The van der Waals surface area contributed by atoms with E-state index in [0.29, 0.717) is 5.75 Å². The number of benzene rings is 1. The second-order valence-electron chi connectivity index (χ2n) is 8.55. The Balaban J connectivity index is 2.22. The van der Waals surface area contributed by atoms with E-state index in [4.69, 9.17) is 4.52 Å². The SMILES string of the molecule is CCCCCC/C=C/CCCCCCCc1cccc(OP(=O)(N(C)C)N(C)C)c1. The van der Waals surface area contributed by atoms with Crippen molar-refractivity contribution >= 4 is 7.67 Å². The maximum Gasteiger partial charge on any atom is 0.394 e. The van der Waals surface area contributed by atoms with Crippen LogP contribution < -0.4 is 4.52 Å². The van der Waals surface area contributed by atoms with Crippen molar-refractivity contribution in [1.82, 2.24) is 9.34 Å². The van der Waals surface area contributed by atoms with Crippen LogP contribution in [0.25, 0.3) is 0 Å². The number of hydrogen-bond acceptors (Lipinski definition) is 2. The standard InChI is InChI=1S/C25H45N2O2P/c1-6-7-8-9-10-11-12-13-14-15-16-17-18-20-24-21-19-22-25(23-24)29-30(28,26(2)3)27(4)5/h11-12,19,21-23H,6-10,13-18,20H2,1-5H3/b12-11+. The van der Waals surface area contributed by atoms with Crippen molar-refractivity contribution in [2.24, 2.45) is 0 Å². The quantitative estimate of drug-likeness (QED) is 0.142. The molecule has 0 fully saturated rings. The van der Waals surface area contributed by atoms with Gasteiger partial charge in [-0.3, -0.25) is 0 Å². The molecule has 0 aliphatic carbocycles. The molecule has 0 radical (unpaired) electrons. The first-order chi connectivity index (χ1) is 14.4. The van der Waals surface area contributed by atoms with Crippen molar-refractivity contribution in [2.75, 3.05) is 28.2 Å². The zero-order valence-electron chi connectivity index (χ0n) is 20.1. The van der Waals surface area contributed by atoms with Crippen molar-refractivity contribution in [2.45, 2.75) is 84.0 Å². The van der Waals surface area contributed by atoms with Crippen LogP contribution in [0.15, 0.2) is 36.4 Å². The third-order valence-electron chi connectivity index (χ3n) is 5.36. The van der Waals surface area contributed by atoms with Gasteiger partial charge in [-0.05, 0) is 84.4 Å². The summed E-state index contributed by atoms with van der Waals surface area (Å²) in [7, 11) is 4.14. The van der Waals surface area contributed by atoms with E-state index in [1.54, 1.807) is 37.5 Å². The Bertz CT molecular complexity index is 632. The van der Waals surface area contributed by atoms with Gasteiger partial charge in [0.2, 0.25) is 0 Å². The number of rotatable bonds is 17. The molecule has 0 atom stereocenters. The van der Waals surface area contributed by atoms with Crippen LogP contribution in [0.3, 0.4) is 0 Å². The second-order valence-corrected chi connectivity index (χ2v) is 11.3. The van der Waals surface area contributed by atoms with Crippen LogP contribution in [0, 0.1) is 0 Å². The van der Waals surface area contributed by atoms with Crippen molar-refractivity contribution in [3.8, 4) is 5.75 Å². The van der Waals surface area contributed by atoms with Gasteiger partial charge in [0.15, 0.2) is 0 Å². The van der Waals surface area contributed by atoms with E-state index in [2.05, 4.69) is 25.1 Å². The first-order valence-electron chi connectivity index (χ1n) is 11.8. The molecule has 0 bridgehead atoms. The molecule has 172 valence electrons. The lowest BCUT2D eigenvalue weighted by Crippen LogP contribution is -2.24. The Hall–Kier alpha value is -1.09. The lowest BCUT2D eigenvalue weighted by molar-refractivity contribution is 0.354. The maximum absolute atomic E-state index is 13.0. The highest BCUT2D eigenvalue weighted by molar-refractivity contribution is 7.54. The van der Waals surface area contributed by atoms with E-state index < -0.39 is 7.67 Å². The first-order valence-corrected chi connectivity index (χ1v) is 13.3. The van der Waals surface area contributed by atoms with Gasteiger partial charge in [0, 0.05) is 0 Å². The fraction of sp³-hybridized carbons (Fsp3) is 0.680. The minimum absolute atomic E-state index is 0.680. The fourth-order valence-corrected chi connectivity index (χ4v) is 4.89. The van der Waals surface area contributed by atoms with Gasteiger partial charge < -0.3 is 4.52 Å². The highest BCUT2D eigenvalue weighted by atomic mass is 31.2. The first kappa shape index (κ1) is 26.9. The molecule has 1 aromatic carbocycles. The molecular formula is C25H45N2O2P. The van der Waals surface area contributed by atoms with Crippen molar-refractivity contribution < 1.29 is 9.09 Å². The van der Waals surface area contributed by atoms with E-state index in [0.717, 1.165) is 6.42 Å². The van der Waals surface area contributed by atoms with Gasteiger partial charge >= 0.3 is 7.67 Å². The third-order valence-corrected chi connectivity index (χ3v) is 7.83. The number of aryl methyl sites for hydroxylation is 1. The van der Waals surface area contributed by atoms with Crippen molar-refractivity contribution in [1.29, 1.82) is 0 Å². The van der Waals surface area contributed by atoms with E-state index in [1.807, 2.05) is 18.2 Å². The molecule has 0 N–H and O–H groups in total. The van der Waals surface area contributed by atoms with Crippen LogP contribution in [0.2, 0.25) is 0 Å². The zero-order valence-corrected chi connectivity index (χ0v) is 21.0. The Kier molecular flexibility index (Phi) is 14.1. The fourth-order valence-electron chi connectivity index (χ4n) is 3.46. The minimum atomic E-state index is -3.00. The molecule has 0 unspecified atom stereocenters. The predicted molar refractivity (Wildman–Crippen MR) is 131 cm³/mol. The summed E-state index contributed by atoms with van der Waals surface area (Å²) in [5, 5.41) is 0. The summed E-state index contributed by atoms with van der Waals surface area (Å²) < 4.78 is 22.2. The molecule has 0 amide bonds. The topological polar surface area (TPSA) is 32.8 Å². The molecule has 1 rings (SSSR count). The largest absolute Gasteiger partial charge is 0.422 e. The van der Waals surface area contributed by atoms with Gasteiger partial charge in [0.1, 0.15) is 5.75 Å². The molecular weight excluding hydrogens is 391 g/mol. The molecule has 1 aromatic rings. The van der Waals surface area contributed by atoms with Gasteiger partial charge in [0.05, 0.1) is 0 Å². The van der Waals surface area contributed by atoms with Gasteiger partial charge in [-0.1, -0.05) is 69.7 Å². The van der Waals surface area contributed by atoms with E-state index in [1.165, 1.54) is 76.2 Å². The Labute approximate surface area is 186 Å². The third kappa shape index (κ3) is 10.8. The monoisotopic (exact) mass is 436 g/mol. The van der Waals surface area contributed by atoms with E-state index >= 15 is 0 Å². The summed E-state index contributed by atoms with van der Waals surface area (Å²) in [5.74, 6) is 0.680. The van der Waals surface area contributed by atoms with E-state index in [-0.39, 0.29) is 0 Å². The number of unbranched alkanes of at least 4 members (excludes halogenated alkanes) is 9. The lowest BCUT2D eigenvalue weighted by atomic mass is 10.0. The van der Waals surface area contributed by atoms with E-state index in [9.17, 15) is 4.57 Å². The minimum Gasteiger partial charge on any atom is -0.422 e. The van der Waals surface area contributed by atoms with Crippen molar-refractivity contribution in [3.05, 3.63) is 42.0 Å². The van der Waals surface area contributed by atoms with Crippen LogP contribution in [0.4, 0.5) is 0 Å². The van der Waals surface area contributed by atoms with Gasteiger partial charge in [-0.25, -0.2) is 13.9 Å². The highest BCUT2D eigenvalue weighted by Gasteiger charge is 2.31. The number of hydrogen-bond donors (Lipinski definition) is 0. The van der Waals surface area contributed by atoms with Crippen LogP contribution in [0.1, 0.15) is 83.1 Å². The van der Waals surface area contributed by atoms with Gasteiger partial charge in [-0.15, -0.1) is 0 Å². The van der Waals surface area contributed by atoms with Crippen LogP contribution >= 0.6 is 7.67 Å². The average Bonchev–Trinajstić information content (AvgIpc) is 2.71. The molecule has 5 heteroatoms. The second kappa shape index (κ2) is 15.7. The molecule has 4 nitrogen and oxygen atoms in total. The molecule has 30 heavy (non-hydrogen) atoms. The summed E-state index contributed by atoms with van der Waals surface area (Å²) in [6.07, 6.45) is 20.1. The Morgan fingerprint density at radius 1 is 0.833 bits per heavy atom. The Morgan fingerprint density at radius 3 is 2.00 bits per heavy atom. The number of nitrogens with zero attached hydrogens (tertiary/aromatic N) is 2. The van der Waals surface area contributed by atoms with Crippen LogP contribution in [-0.2, 0) is 11.0 Å². The zero-order chi connectivity index (χ0) is 22.2. The normalized spacial score (nSPS) is 12.4. The molecule has 0 saturated carbocycles. The average molecular weight is 437 g/mol. The molecule has 0 heterocycles. The summed E-state index contributed by atoms with van der Waals surface area (Å²) in [5.41, 5.74) is 1.25. The van der Waals surface area contributed by atoms with Crippen LogP contribution in [0.5, 0.6) is 5.75 Å². The smallest absolute Gasteiger partial charge is 0.394 e. The Morgan fingerprint density at radius 2 is 1.40 bits per heavy atom. The molecule has 0 aliphatic rings. The molecule has 0 spiro atoms. The lowest BCUT2D eigenvalue weighted by Gasteiger charge is -2.29. The van der Waals surface area contributed by atoms with Gasteiger partial charge in [-0.2, -0.15) is 0 Å². The molecule has 0 saturated heterocycles. The molecule has 0 aliphatic heterocycles. The maximum atomic E-state index is 13.0. The summed E-state index contributed by atoms with van der Waals surface area (Å²) in [6.45, 7) is 2.26. The summed E-state index contributed by atoms with van der Waals surface area (Å²) >= 11 is 0. The predicted octanol–water partition coefficient (Wildman–Crippen LogP) is 7.71. The van der Waals surface area contributed by atoms with Gasteiger partial charge in [0.25, 0.3) is 0 Å². The summed E-state index contributed by atoms with van der Waals surface area (Å²) in [4.78, 5) is 0. The van der Waals surface area contributed by atoms with Crippen molar-refractivity contribution in [3.63, 3.8) is 0 Å². The number of allylic oxidation sites excluding steroid dienone is 2. The summed E-state index contributed by atoms with van der Waals surface area (Å²) in [6, 6.07) is 8.05. The molecule has 0 aromatic heterocycles. The van der Waals surface area contributed by atoms with Crippen LogP contribution in [-0.4, -0.2) is 37.5 Å². The highest BCUT2D eigenvalue weighted by Crippen LogP contribution is 2.50.